The predicted molar refractivity (Wildman–Crippen MR) is 106 cm³/mol. The van der Waals surface area contributed by atoms with Crippen LogP contribution in [0.1, 0.15) is 27.5 Å². The molecule has 31 heavy (non-hydrogen) atoms. The molecule has 0 aliphatic rings. The van der Waals surface area contributed by atoms with Gasteiger partial charge in [0.1, 0.15) is 0 Å². The molecule has 0 atom stereocenters. The third-order valence-electron chi connectivity index (χ3n) is 4.62. The zero-order valence-corrected chi connectivity index (χ0v) is 16.4. The molecule has 158 valence electrons. The monoisotopic (exact) mass is 427 g/mol. The number of rotatable bonds is 4. The maximum atomic E-state index is 13.0. The van der Waals surface area contributed by atoms with Gasteiger partial charge in [-0.1, -0.05) is 23.4 Å². The van der Waals surface area contributed by atoms with Crippen molar-refractivity contribution in [2.75, 3.05) is 5.32 Å². The lowest BCUT2D eigenvalue weighted by Crippen LogP contribution is -2.14. The van der Waals surface area contributed by atoms with Gasteiger partial charge < -0.3 is 9.84 Å². The maximum absolute atomic E-state index is 13.0. The minimum atomic E-state index is -4.48. The first-order valence-corrected chi connectivity index (χ1v) is 9.17. The Labute approximate surface area is 174 Å². The summed E-state index contributed by atoms with van der Waals surface area (Å²) in [6.45, 7) is 3.26. The van der Waals surface area contributed by atoms with Crippen LogP contribution in [0, 0.1) is 13.8 Å². The number of halogens is 3. The summed E-state index contributed by atoms with van der Waals surface area (Å²) < 4.78 is 45.4. The number of nitrogens with zero attached hydrogens (tertiary/aromatic N) is 4. The van der Waals surface area contributed by atoms with Gasteiger partial charge in [0.05, 0.1) is 34.4 Å². The third-order valence-corrected chi connectivity index (χ3v) is 4.62. The zero-order valence-electron chi connectivity index (χ0n) is 16.4. The molecule has 0 radical (unpaired) electrons. The number of alkyl halides is 3. The van der Waals surface area contributed by atoms with Crippen LogP contribution in [-0.2, 0) is 6.18 Å². The molecular weight excluding hydrogens is 411 g/mol. The van der Waals surface area contributed by atoms with E-state index in [0.29, 0.717) is 28.7 Å². The predicted octanol–water partition coefficient (Wildman–Crippen LogP) is 4.81. The van der Waals surface area contributed by atoms with Gasteiger partial charge in [0.2, 0.25) is 11.7 Å². The molecule has 2 aromatic heterocycles. The normalized spacial score (nSPS) is 11.5. The van der Waals surface area contributed by atoms with E-state index >= 15 is 0 Å². The highest BCUT2D eigenvalue weighted by Gasteiger charge is 2.30. The number of amides is 1. The molecule has 2 aromatic carbocycles. The van der Waals surface area contributed by atoms with E-state index in [9.17, 15) is 18.0 Å². The number of anilines is 1. The molecule has 2 heterocycles. The smallest absolute Gasteiger partial charge is 0.339 e. The summed E-state index contributed by atoms with van der Waals surface area (Å²) in [5, 5.41) is 10.8. The van der Waals surface area contributed by atoms with Crippen LogP contribution in [-0.4, -0.2) is 25.8 Å². The molecule has 0 bridgehead atoms. The van der Waals surface area contributed by atoms with Crippen LogP contribution in [0.25, 0.3) is 17.1 Å². The Morgan fingerprint density at radius 3 is 2.58 bits per heavy atom. The number of nitrogens with one attached hydrogen (secondary N) is 1. The van der Waals surface area contributed by atoms with Crippen molar-refractivity contribution in [3.05, 3.63) is 77.4 Å². The molecule has 0 saturated carbocycles. The van der Waals surface area contributed by atoms with Crippen LogP contribution >= 0.6 is 0 Å². The first-order chi connectivity index (χ1) is 14.7. The van der Waals surface area contributed by atoms with Crippen LogP contribution in [0.4, 0.5) is 18.9 Å². The lowest BCUT2D eigenvalue weighted by molar-refractivity contribution is -0.137. The average molecular weight is 427 g/mol. The first-order valence-electron chi connectivity index (χ1n) is 9.17. The van der Waals surface area contributed by atoms with E-state index in [1.807, 2.05) is 0 Å². The Kier molecular flexibility index (Phi) is 5.05. The van der Waals surface area contributed by atoms with Crippen molar-refractivity contribution in [1.82, 2.24) is 19.9 Å². The third kappa shape index (κ3) is 4.04. The van der Waals surface area contributed by atoms with Crippen LogP contribution < -0.4 is 5.32 Å². The van der Waals surface area contributed by atoms with Gasteiger partial charge in [0.25, 0.3) is 5.91 Å². The number of carbonyl (C=O) groups is 1. The minimum Gasteiger partial charge on any atom is -0.339 e. The Balaban J connectivity index is 1.63. The molecule has 0 unspecified atom stereocenters. The molecule has 0 saturated heterocycles. The fourth-order valence-corrected chi connectivity index (χ4v) is 3.09. The Bertz CT molecular complexity index is 1260. The van der Waals surface area contributed by atoms with Crippen molar-refractivity contribution in [3.63, 3.8) is 0 Å². The Hall–Kier alpha value is -3.95. The number of benzene rings is 2. The highest BCUT2D eigenvalue weighted by atomic mass is 19.4. The minimum absolute atomic E-state index is 0.203. The summed E-state index contributed by atoms with van der Waals surface area (Å²) in [7, 11) is 0. The summed E-state index contributed by atoms with van der Waals surface area (Å²) in [5.74, 6) is 0.238. The lowest BCUT2D eigenvalue weighted by Gasteiger charge is -2.11. The molecule has 10 heteroatoms. The van der Waals surface area contributed by atoms with Crippen molar-refractivity contribution in [2.45, 2.75) is 20.0 Å². The van der Waals surface area contributed by atoms with Gasteiger partial charge >= 0.3 is 6.18 Å². The van der Waals surface area contributed by atoms with Gasteiger partial charge in [-0.3, -0.25) is 4.79 Å². The Morgan fingerprint density at radius 2 is 1.87 bits per heavy atom. The molecule has 4 rings (SSSR count). The number of hydrogen-bond acceptors (Lipinski definition) is 5. The lowest BCUT2D eigenvalue weighted by atomic mass is 10.1. The van der Waals surface area contributed by atoms with E-state index < -0.39 is 17.6 Å². The molecule has 0 fully saturated rings. The van der Waals surface area contributed by atoms with Crippen molar-refractivity contribution < 1.29 is 22.5 Å². The van der Waals surface area contributed by atoms with Crippen LogP contribution in [0.15, 0.2) is 59.3 Å². The van der Waals surface area contributed by atoms with Crippen molar-refractivity contribution >= 4 is 11.6 Å². The van der Waals surface area contributed by atoms with Gasteiger partial charge in [-0.2, -0.15) is 23.3 Å². The second kappa shape index (κ2) is 7.71. The largest absolute Gasteiger partial charge is 0.416 e. The summed E-state index contributed by atoms with van der Waals surface area (Å²) in [4.78, 5) is 17.1. The second-order valence-corrected chi connectivity index (χ2v) is 6.74. The second-order valence-electron chi connectivity index (χ2n) is 6.74. The fourth-order valence-electron chi connectivity index (χ4n) is 3.09. The SMILES string of the molecule is Cc1nc(-c2ccccc2NC(=O)c2cnn(-c3cccc(C(F)(F)F)c3)c2C)no1. The molecule has 0 aliphatic heterocycles. The van der Waals surface area contributed by atoms with Gasteiger partial charge in [-0.25, -0.2) is 4.68 Å². The molecule has 1 amide bonds. The van der Waals surface area contributed by atoms with Crippen LogP contribution in [0.3, 0.4) is 0 Å². The van der Waals surface area contributed by atoms with E-state index in [1.54, 1.807) is 38.1 Å². The highest BCUT2D eigenvalue weighted by molar-refractivity contribution is 6.06. The summed E-state index contributed by atoms with van der Waals surface area (Å²) >= 11 is 0. The van der Waals surface area contributed by atoms with Crippen LogP contribution in [0.2, 0.25) is 0 Å². The number of para-hydroxylation sites is 1. The molecular formula is C21H16F3N5O2. The summed E-state index contributed by atoms with van der Waals surface area (Å²) in [5.41, 5.74) is 1.04. The number of aryl methyl sites for hydroxylation is 1. The van der Waals surface area contributed by atoms with Gasteiger partial charge in [0, 0.05) is 12.5 Å². The number of hydrogen-bond donors (Lipinski definition) is 1. The van der Waals surface area contributed by atoms with Crippen molar-refractivity contribution in [2.24, 2.45) is 0 Å². The fraction of sp³-hybridized carbons (Fsp3) is 0.143. The zero-order chi connectivity index (χ0) is 22.2. The van der Waals surface area contributed by atoms with Gasteiger partial charge in [-0.15, -0.1) is 0 Å². The van der Waals surface area contributed by atoms with Crippen molar-refractivity contribution in [1.29, 1.82) is 0 Å². The molecule has 1 N–H and O–H groups in total. The van der Waals surface area contributed by atoms with Crippen molar-refractivity contribution in [3.8, 4) is 17.1 Å². The van der Waals surface area contributed by atoms with Gasteiger partial charge in [-0.05, 0) is 37.3 Å². The molecule has 0 spiro atoms. The first kappa shape index (κ1) is 20.3. The standard InChI is InChI=1S/C21H16F3N5O2/c1-12-17(11-25-29(12)15-7-5-6-14(10-15)21(22,23)24)20(30)27-18-9-4-3-8-16(18)19-26-13(2)31-28-19/h3-11H,1-2H3,(H,27,30). The molecule has 0 aliphatic carbocycles. The maximum Gasteiger partial charge on any atom is 0.416 e. The van der Waals surface area contributed by atoms with Gasteiger partial charge in [0.15, 0.2) is 0 Å². The van der Waals surface area contributed by atoms with E-state index in [1.165, 1.54) is 23.0 Å². The summed E-state index contributed by atoms with van der Waals surface area (Å²) in [6.07, 6.45) is -3.17. The molecule has 4 aromatic rings. The van der Waals surface area contributed by atoms with E-state index in [0.717, 1.165) is 12.1 Å². The quantitative estimate of drug-likeness (QED) is 0.505. The Morgan fingerprint density at radius 1 is 1.10 bits per heavy atom. The van der Waals surface area contributed by atoms with Crippen LogP contribution in [0.5, 0.6) is 0 Å². The number of carbonyl (C=O) groups excluding carboxylic acids is 1. The van der Waals surface area contributed by atoms with E-state index in [-0.39, 0.29) is 11.3 Å². The average Bonchev–Trinajstić information content (AvgIpc) is 3.33. The number of aromatic nitrogens is 4. The summed E-state index contributed by atoms with van der Waals surface area (Å²) in [6, 6.07) is 11.7. The molecule has 7 nitrogen and oxygen atoms in total. The van der Waals surface area contributed by atoms with E-state index in [2.05, 4.69) is 20.6 Å². The van der Waals surface area contributed by atoms with E-state index in [4.69, 9.17) is 4.52 Å². The highest BCUT2D eigenvalue weighted by Crippen LogP contribution is 2.31. The topological polar surface area (TPSA) is 85.8 Å².